The van der Waals surface area contributed by atoms with E-state index < -0.39 is 23.5 Å². The van der Waals surface area contributed by atoms with Gasteiger partial charge in [-0.15, -0.1) is 0 Å². The largest absolute Gasteiger partial charge is 0.416 e. The Hall–Kier alpha value is -2.57. The zero-order valence-corrected chi connectivity index (χ0v) is 13.1. The summed E-state index contributed by atoms with van der Waals surface area (Å²) in [7, 11) is 3.34. The van der Waals surface area contributed by atoms with Crippen molar-refractivity contribution in [2.45, 2.75) is 12.7 Å². The number of anilines is 1. The molecule has 0 saturated carbocycles. The van der Waals surface area contributed by atoms with Crippen LogP contribution in [-0.4, -0.2) is 20.0 Å². The minimum Gasteiger partial charge on any atom is -0.375 e. The Labute approximate surface area is 136 Å². The Balaban J connectivity index is 2.07. The predicted molar refractivity (Wildman–Crippen MR) is 83.3 cm³/mol. The fourth-order valence-corrected chi connectivity index (χ4v) is 2.15. The molecule has 0 aliphatic carbocycles. The van der Waals surface area contributed by atoms with E-state index in [2.05, 4.69) is 5.32 Å². The summed E-state index contributed by atoms with van der Waals surface area (Å²) >= 11 is 0. The van der Waals surface area contributed by atoms with Crippen LogP contribution in [0.2, 0.25) is 0 Å². The third-order valence-electron chi connectivity index (χ3n) is 3.40. The average Bonchev–Trinajstić information content (AvgIpc) is 2.51. The highest BCUT2D eigenvalue weighted by Crippen LogP contribution is 2.29. The van der Waals surface area contributed by atoms with Crippen LogP contribution >= 0.6 is 0 Å². The van der Waals surface area contributed by atoms with E-state index in [1.807, 2.05) is 0 Å². The molecule has 0 saturated heterocycles. The molecule has 0 aliphatic rings. The first-order valence-corrected chi connectivity index (χ1v) is 7.09. The van der Waals surface area contributed by atoms with Gasteiger partial charge >= 0.3 is 6.18 Å². The highest BCUT2D eigenvalue weighted by atomic mass is 19.4. The van der Waals surface area contributed by atoms with Crippen LogP contribution in [0.4, 0.5) is 23.2 Å². The smallest absolute Gasteiger partial charge is 0.375 e. The van der Waals surface area contributed by atoms with Gasteiger partial charge in [0.2, 0.25) is 0 Å². The summed E-state index contributed by atoms with van der Waals surface area (Å²) in [5.74, 6) is -1.11. The predicted octanol–water partition coefficient (Wildman–Crippen LogP) is 3.84. The van der Waals surface area contributed by atoms with Crippen LogP contribution in [0.1, 0.15) is 21.5 Å². The normalized spacial score (nSPS) is 11.2. The number of hydrogen-bond acceptors (Lipinski definition) is 2. The van der Waals surface area contributed by atoms with Crippen LogP contribution in [0.5, 0.6) is 0 Å². The van der Waals surface area contributed by atoms with Crippen molar-refractivity contribution in [3.8, 4) is 0 Å². The van der Waals surface area contributed by atoms with Crippen LogP contribution in [0.25, 0.3) is 0 Å². The van der Waals surface area contributed by atoms with E-state index in [9.17, 15) is 22.4 Å². The van der Waals surface area contributed by atoms with Crippen molar-refractivity contribution in [3.63, 3.8) is 0 Å². The summed E-state index contributed by atoms with van der Waals surface area (Å²) < 4.78 is 51.8. The van der Waals surface area contributed by atoms with Gasteiger partial charge in [-0.1, -0.05) is 12.1 Å². The number of rotatable bonds is 4. The molecule has 0 aliphatic heterocycles. The number of alkyl halides is 3. The lowest BCUT2D eigenvalue weighted by Gasteiger charge is -2.14. The molecule has 0 heterocycles. The summed E-state index contributed by atoms with van der Waals surface area (Å²) in [6.07, 6.45) is -4.44. The molecule has 0 aromatic heterocycles. The van der Waals surface area contributed by atoms with Crippen LogP contribution in [0.15, 0.2) is 42.5 Å². The van der Waals surface area contributed by atoms with Gasteiger partial charge in [-0.25, -0.2) is 4.39 Å². The second-order valence-electron chi connectivity index (χ2n) is 5.44. The van der Waals surface area contributed by atoms with Crippen molar-refractivity contribution in [1.29, 1.82) is 0 Å². The Morgan fingerprint density at radius 1 is 1.12 bits per heavy atom. The number of benzene rings is 2. The Kier molecular flexibility index (Phi) is 5.11. The molecular formula is C17H16F4N2O. The number of carbonyl (C=O) groups excluding carboxylic acids is 1. The fraction of sp³-hybridized carbons (Fsp3) is 0.235. The molecular weight excluding hydrogens is 324 g/mol. The van der Waals surface area contributed by atoms with Crippen molar-refractivity contribution in [1.82, 2.24) is 5.32 Å². The summed E-state index contributed by atoms with van der Waals surface area (Å²) in [5, 5.41) is 2.48. The van der Waals surface area contributed by atoms with Crippen molar-refractivity contribution in [2.24, 2.45) is 0 Å². The topological polar surface area (TPSA) is 32.3 Å². The second-order valence-corrected chi connectivity index (χ2v) is 5.44. The maximum Gasteiger partial charge on any atom is 0.416 e. The monoisotopic (exact) mass is 340 g/mol. The quantitative estimate of drug-likeness (QED) is 0.858. The third kappa shape index (κ3) is 4.24. The van der Waals surface area contributed by atoms with Gasteiger partial charge in [0.1, 0.15) is 5.82 Å². The number of amides is 1. The molecule has 0 fully saturated rings. The first kappa shape index (κ1) is 17.8. The van der Waals surface area contributed by atoms with E-state index in [1.165, 1.54) is 24.3 Å². The maximum absolute atomic E-state index is 13.9. The van der Waals surface area contributed by atoms with Gasteiger partial charge < -0.3 is 10.2 Å². The molecule has 0 unspecified atom stereocenters. The van der Waals surface area contributed by atoms with Crippen LogP contribution < -0.4 is 10.2 Å². The molecule has 128 valence electrons. The van der Waals surface area contributed by atoms with Gasteiger partial charge in [-0.05, 0) is 35.9 Å². The summed E-state index contributed by atoms with van der Waals surface area (Å²) in [4.78, 5) is 13.6. The molecule has 1 N–H and O–H groups in total. The van der Waals surface area contributed by atoms with Crippen molar-refractivity contribution >= 4 is 11.6 Å². The lowest BCUT2D eigenvalue weighted by atomic mass is 10.1. The van der Waals surface area contributed by atoms with E-state index in [-0.39, 0.29) is 12.1 Å². The van der Waals surface area contributed by atoms with Crippen molar-refractivity contribution < 1.29 is 22.4 Å². The van der Waals surface area contributed by atoms with Gasteiger partial charge in [0.05, 0.1) is 11.3 Å². The maximum atomic E-state index is 13.9. The summed E-state index contributed by atoms with van der Waals surface area (Å²) in [5.41, 5.74) is -0.0336. The van der Waals surface area contributed by atoms with Crippen LogP contribution in [0, 0.1) is 5.82 Å². The number of nitrogens with one attached hydrogen (secondary N) is 1. The number of carbonyl (C=O) groups is 1. The number of nitrogens with zero attached hydrogens (tertiary/aromatic N) is 1. The molecule has 0 bridgehead atoms. The van der Waals surface area contributed by atoms with Gasteiger partial charge in [0.25, 0.3) is 5.91 Å². The molecule has 2 rings (SSSR count). The average molecular weight is 340 g/mol. The van der Waals surface area contributed by atoms with Crippen LogP contribution in [0.3, 0.4) is 0 Å². The highest BCUT2D eigenvalue weighted by molar-refractivity contribution is 5.94. The summed E-state index contributed by atoms with van der Waals surface area (Å²) in [6, 6.07) is 8.70. The molecule has 7 heteroatoms. The lowest BCUT2D eigenvalue weighted by molar-refractivity contribution is -0.137. The highest BCUT2D eigenvalue weighted by Gasteiger charge is 2.30. The molecule has 0 atom stereocenters. The molecule has 3 nitrogen and oxygen atoms in total. The van der Waals surface area contributed by atoms with E-state index in [0.29, 0.717) is 11.3 Å². The summed E-state index contributed by atoms with van der Waals surface area (Å²) in [6.45, 7) is -0.0835. The van der Waals surface area contributed by atoms with Gasteiger partial charge in [0.15, 0.2) is 0 Å². The fourth-order valence-electron chi connectivity index (χ4n) is 2.15. The van der Waals surface area contributed by atoms with E-state index >= 15 is 0 Å². The van der Waals surface area contributed by atoms with Gasteiger partial charge in [0, 0.05) is 26.2 Å². The van der Waals surface area contributed by atoms with Crippen LogP contribution in [-0.2, 0) is 12.7 Å². The molecule has 0 spiro atoms. The first-order chi connectivity index (χ1) is 11.2. The van der Waals surface area contributed by atoms with Crippen molar-refractivity contribution in [3.05, 3.63) is 65.0 Å². The Morgan fingerprint density at radius 3 is 2.42 bits per heavy atom. The molecule has 0 radical (unpaired) electrons. The SMILES string of the molecule is CN(C)c1ccc(C(=O)NCc2cccc(C(F)(F)F)c2)cc1F. The molecule has 24 heavy (non-hydrogen) atoms. The first-order valence-electron chi connectivity index (χ1n) is 7.09. The van der Waals surface area contributed by atoms with E-state index in [0.717, 1.165) is 18.2 Å². The standard InChI is InChI=1S/C17H16F4N2O/c1-23(2)15-7-6-12(9-14(15)18)16(24)22-10-11-4-3-5-13(8-11)17(19,20)21/h3-9H,10H2,1-2H3,(H,22,24). The Morgan fingerprint density at radius 2 is 1.83 bits per heavy atom. The Bertz CT molecular complexity index is 742. The second kappa shape index (κ2) is 6.90. The minimum absolute atomic E-state index is 0.0835. The zero-order chi connectivity index (χ0) is 17.9. The van der Waals surface area contributed by atoms with E-state index in [1.54, 1.807) is 19.0 Å². The third-order valence-corrected chi connectivity index (χ3v) is 3.40. The molecule has 1 amide bonds. The number of halogens is 4. The van der Waals surface area contributed by atoms with Crippen molar-refractivity contribution in [2.75, 3.05) is 19.0 Å². The molecule has 2 aromatic rings. The van der Waals surface area contributed by atoms with Gasteiger partial charge in [-0.3, -0.25) is 4.79 Å². The lowest BCUT2D eigenvalue weighted by Crippen LogP contribution is -2.23. The molecule has 2 aromatic carbocycles. The van der Waals surface area contributed by atoms with Gasteiger partial charge in [-0.2, -0.15) is 13.2 Å². The number of hydrogen-bond donors (Lipinski definition) is 1. The van der Waals surface area contributed by atoms with E-state index in [4.69, 9.17) is 0 Å². The minimum atomic E-state index is -4.44. The zero-order valence-electron chi connectivity index (χ0n) is 13.1.